The highest BCUT2D eigenvalue weighted by atomic mass is 16.5. The summed E-state index contributed by atoms with van der Waals surface area (Å²) in [5.41, 5.74) is 1.04. The van der Waals surface area contributed by atoms with Crippen LogP contribution in [0.25, 0.3) is 0 Å². The van der Waals surface area contributed by atoms with Crippen LogP contribution in [-0.2, 0) is 20.9 Å². The van der Waals surface area contributed by atoms with E-state index in [-0.39, 0.29) is 24.4 Å². The largest absolute Gasteiger partial charge is 0.462 e. The van der Waals surface area contributed by atoms with Crippen molar-refractivity contribution in [2.45, 2.75) is 32.5 Å². The highest BCUT2D eigenvalue weighted by Crippen LogP contribution is 2.10. The third kappa shape index (κ3) is 3.57. The van der Waals surface area contributed by atoms with Crippen molar-refractivity contribution in [1.29, 1.82) is 0 Å². The highest BCUT2D eigenvalue weighted by molar-refractivity contribution is 5.85. The minimum atomic E-state index is -0.483. The number of cyclic esters (lactones) is 1. The number of benzene rings is 1. The lowest BCUT2D eigenvalue weighted by Crippen LogP contribution is -2.59. The van der Waals surface area contributed by atoms with Gasteiger partial charge in [-0.1, -0.05) is 44.2 Å². The molecule has 0 bridgehead atoms. The molecular weight excluding hydrogens is 256 g/mol. The second-order valence-corrected chi connectivity index (χ2v) is 5.27. The molecule has 2 N–H and O–H groups in total. The number of ether oxygens (including phenoxy) is 1. The molecule has 1 unspecified atom stereocenters. The van der Waals surface area contributed by atoms with E-state index in [2.05, 4.69) is 10.6 Å². The SMILES string of the molecule is CC(C)[C@@H]1NC(C(=O)NCc2ccccc2)COC1=O. The van der Waals surface area contributed by atoms with Crippen molar-refractivity contribution < 1.29 is 14.3 Å². The molecule has 2 rings (SSSR count). The lowest BCUT2D eigenvalue weighted by Gasteiger charge is -2.31. The van der Waals surface area contributed by atoms with Crippen LogP contribution < -0.4 is 10.6 Å². The fourth-order valence-electron chi connectivity index (χ4n) is 2.11. The summed E-state index contributed by atoms with van der Waals surface area (Å²) in [6, 6.07) is 8.78. The molecule has 1 aliphatic rings. The molecule has 0 spiro atoms. The molecule has 1 aromatic carbocycles. The van der Waals surface area contributed by atoms with Gasteiger partial charge in [-0.3, -0.25) is 14.9 Å². The molecule has 108 valence electrons. The molecule has 1 fully saturated rings. The summed E-state index contributed by atoms with van der Waals surface area (Å²) in [4.78, 5) is 23.6. The molecule has 0 aromatic heterocycles. The van der Waals surface area contributed by atoms with Crippen LogP contribution in [0.2, 0.25) is 0 Å². The Morgan fingerprint density at radius 3 is 2.75 bits per heavy atom. The first kappa shape index (κ1) is 14.5. The van der Waals surface area contributed by atoms with Crippen LogP contribution in [-0.4, -0.2) is 30.6 Å². The predicted octanol–water partition coefficient (Wildman–Crippen LogP) is 0.842. The minimum absolute atomic E-state index is 0.0860. The van der Waals surface area contributed by atoms with Crippen molar-refractivity contribution >= 4 is 11.9 Å². The molecule has 5 nitrogen and oxygen atoms in total. The molecule has 0 aliphatic carbocycles. The Bertz CT molecular complexity index is 473. The number of carbonyl (C=O) groups is 2. The molecule has 1 amide bonds. The number of morpholine rings is 1. The van der Waals surface area contributed by atoms with Gasteiger partial charge >= 0.3 is 5.97 Å². The number of amides is 1. The molecule has 0 radical (unpaired) electrons. The first-order chi connectivity index (χ1) is 9.58. The van der Waals surface area contributed by atoms with Crippen LogP contribution in [0.5, 0.6) is 0 Å². The van der Waals surface area contributed by atoms with Gasteiger partial charge in [-0.25, -0.2) is 0 Å². The second-order valence-electron chi connectivity index (χ2n) is 5.27. The van der Waals surface area contributed by atoms with Crippen molar-refractivity contribution in [1.82, 2.24) is 10.6 Å². The van der Waals surface area contributed by atoms with Crippen molar-refractivity contribution in [3.63, 3.8) is 0 Å². The number of rotatable bonds is 4. The van der Waals surface area contributed by atoms with Crippen molar-refractivity contribution in [2.24, 2.45) is 5.92 Å². The van der Waals surface area contributed by atoms with E-state index in [1.807, 2.05) is 44.2 Å². The number of nitrogens with one attached hydrogen (secondary N) is 2. The molecule has 1 aliphatic heterocycles. The fraction of sp³-hybridized carbons (Fsp3) is 0.467. The first-order valence-corrected chi connectivity index (χ1v) is 6.82. The maximum Gasteiger partial charge on any atom is 0.323 e. The van der Waals surface area contributed by atoms with E-state index in [1.54, 1.807) is 0 Å². The van der Waals surface area contributed by atoms with Gasteiger partial charge in [0.15, 0.2) is 0 Å². The number of hydrogen-bond donors (Lipinski definition) is 2. The Balaban J connectivity index is 1.88. The zero-order chi connectivity index (χ0) is 14.5. The Kier molecular flexibility index (Phi) is 4.74. The highest BCUT2D eigenvalue weighted by Gasteiger charge is 2.34. The maximum atomic E-state index is 12.1. The van der Waals surface area contributed by atoms with Crippen molar-refractivity contribution in [2.75, 3.05) is 6.61 Å². The number of esters is 1. The van der Waals surface area contributed by atoms with E-state index >= 15 is 0 Å². The maximum absolute atomic E-state index is 12.1. The number of hydrogen-bond acceptors (Lipinski definition) is 4. The van der Waals surface area contributed by atoms with Gasteiger partial charge in [0.05, 0.1) is 0 Å². The molecule has 1 heterocycles. The minimum Gasteiger partial charge on any atom is -0.462 e. The van der Waals surface area contributed by atoms with Gasteiger partial charge in [-0.15, -0.1) is 0 Å². The fourth-order valence-corrected chi connectivity index (χ4v) is 2.11. The molecule has 20 heavy (non-hydrogen) atoms. The molecule has 0 saturated carbocycles. The molecule has 1 aromatic rings. The van der Waals surface area contributed by atoms with E-state index in [9.17, 15) is 9.59 Å². The molecule has 1 saturated heterocycles. The summed E-state index contributed by atoms with van der Waals surface area (Å²) in [7, 11) is 0. The van der Waals surface area contributed by atoms with Crippen LogP contribution in [0.15, 0.2) is 30.3 Å². The summed E-state index contributed by atoms with van der Waals surface area (Å²) in [5, 5.41) is 5.90. The van der Waals surface area contributed by atoms with Gasteiger partial charge in [0.25, 0.3) is 0 Å². The zero-order valence-electron chi connectivity index (χ0n) is 11.8. The van der Waals surface area contributed by atoms with Crippen LogP contribution in [0.3, 0.4) is 0 Å². The van der Waals surface area contributed by atoms with E-state index in [0.717, 1.165) is 5.56 Å². The quantitative estimate of drug-likeness (QED) is 0.800. The van der Waals surface area contributed by atoms with Gasteiger partial charge in [-0.2, -0.15) is 0 Å². The second kappa shape index (κ2) is 6.52. The Hall–Kier alpha value is -1.88. The lowest BCUT2D eigenvalue weighted by molar-refractivity contribution is -0.155. The van der Waals surface area contributed by atoms with E-state index in [1.165, 1.54) is 0 Å². The Morgan fingerprint density at radius 1 is 1.40 bits per heavy atom. The monoisotopic (exact) mass is 276 g/mol. The first-order valence-electron chi connectivity index (χ1n) is 6.82. The average molecular weight is 276 g/mol. The Morgan fingerprint density at radius 2 is 2.10 bits per heavy atom. The summed E-state index contributed by atoms with van der Waals surface area (Å²) in [5.74, 6) is -0.341. The Labute approximate surface area is 118 Å². The topological polar surface area (TPSA) is 67.4 Å². The van der Waals surface area contributed by atoms with Gasteiger partial charge in [0, 0.05) is 6.54 Å². The standard InChI is InChI=1S/C15H20N2O3/c1-10(2)13-15(19)20-9-12(17-13)14(18)16-8-11-6-4-3-5-7-11/h3-7,10,12-13,17H,8-9H2,1-2H3,(H,16,18)/t12?,13-/m0/s1. The molecule has 2 atom stereocenters. The normalized spacial score (nSPS) is 22.4. The van der Waals surface area contributed by atoms with Crippen LogP contribution in [0.4, 0.5) is 0 Å². The predicted molar refractivity (Wildman–Crippen MR) is 74.8 cm³/mol. The lowest BCUT2D eigenvalue weighted by atomic mass is 10.0. The van der Waals surface area contributed by atoms with E-state index in [4.69, 9.17) is 4.74 Å². The van der Waals surface area contributed by atoms with Crippen molar-refractivity contribution in [3.05, 3.63) is 35.9 Å². The van der Waals surface area contributed by atoms with Crippen LogP contribution in [0, 0.1) is 5.92 Å². The van der Waals surface area contributed by atoms with Gasteiger partial charge in [-0.05, 0) is 11.5 Å². The number of carbonyl (C=O) groups excluding carboxylic acids is 2. The average Bonchev–Trinajstić information content (AvgIpc) is 2.46. The van der Waals surface area contributed by atoms with Gasteiger partial charge in [0.1, 0.15) is 18.7 Å². The summed E-state index contributed by atoms with van der Waals surface area (Å²) < 4.78 is 5.08. The summed E-state index contributed by atoms with van der Waals surface area (Å²) in [6.07, 6.45) is 0. The van der Waals surface area contributed by atoms with E-state index < -0.39 is 12.1 Å². The van der Waals surface area contributed by atoms with Gasteiger partial charge in [0.2, 0.25) is 5.91 Å². The van der Waals surface area contributed by atoms with Crippen LogP contribution in [0.1, 0.15) is 19.4 Å². The van der Waals surface area contributed by atoms with Gasteiger partial charge < -0.3 is 10.1 Å². The van der Waals surface area contributed by atoms with Crippen LogP contribution >= 0.6 is 0 Å². The summed E-state index contributed by atoms with van der Waals surface area (Å²) >= 11 is 0. The zero-order valence-corrected chi connectivity index (χ0v) is 11.8. The van der Waals surface area contributed by atoms with Crippen molar-refractivity contribution in [3.8, 4) is 0 Å². The molecule has 5 heteroatoms. The third-order valence-electron chi connectivity index (χ3n) is 3.32. The smallest absolute Gasteiger partial charge is 0.323 e. The van der Waals surface area contributed by atoms with E-state index in [0.29, 0.717) is 6.54 Å². The molecular formula is C15H20N2O3. The summed E-state index contributed by atoms with van der Waals surface area (Å²) in [6.45, 7) is 4.40. The third-order valence-corrected chi connectivity index (χ3v) is 3.32.